The standard InChI is InChI=1S/C25H25F3N8/c1-15-13-30-23(31-18-5-8-29-16(2)11-18)32-20(15)17-12-19-21-33-34-22(24(6-3-7-24)25(26,27)28)36(21)10-4-9-35(19)14-17/h5,8,11-14H,3-4,6-7,9-10H2,1-2H3,(H,29,30,31,32). The molecule has 5 heterocycles. The van der Waals surface area contributed by atoms with E-state index < -0.39 is 11.6 Å². The van der Waals surface area contributed by atoms with Crippen LogP contribution in [0.2, 0.25) is 0 Å². The molecule has 8 nitrogen and oxygen atoms in total. The number of anilines is 2. The van der Waals surface area contributed by atoms with Gasteiger partial charge in [-0.3, -0.25) is 4.98 Å². The van der Waals surface area contributed by atoms with Crippen LogP contribution in [0.5, 0.6) is 0 Å². The minimum atomic E-state index is -4.34. The van der Waals surface area contributed by atoms with Crippen molar-refractivity contribution < 1.29 is 13.2 Å². The summed E-state index contributed by atoms with van der Waals surface area (Å²) >= 11 is 0. The molecule has 4 aromatic rings. The SMILES string of the molecule is Cc1cc(Nc2ncc(C)c(-c3cc4n(c3)CCCn3c-4nnc3C3(C(F)(F)F)CCC3)n2)ccn1. The Labute approximate surface area is 205 Å². The van der Waals surface area contributed by atoms with Gasteiger partial charge in [0.05, 0.1) is 11.4 Å². The molecule has 0 amide bonds. The molecule has 0 unspecified atom stereocenters. The second-order valence-corrected chi connectivity index (χ2v) is 9.63. The Balaban J connectivity index is 1.38. The minimum Gasteiger partial charge on any atom is -0.344 e. The van der Waals surface area contributed by atoms with E-state index in [1.54, 1.807) is 17.0 Å². The van der Waals surface area contributed by atoms with Gasteiger partial charge in [-0.05, 0) is 56.9 Å². The van der Waals surface area contributed by atoms with E-state index in [4.69, 9.17) is 4.98 Å². The largest absolute Gasteiger partial charge is 0.401 e. The fourth-order valence-electron chi connectivity index (χ4n) is 5.18. The third kappa shape index (κ3) is 3.56. The molecule has 186 valence electrons. The van der Waals surface area contributed by atoms with E-state index in [1.807, 2.05) is 42.8 Å². The summed E-state index contributed by atoms with van der Waals surface area (Å²) in [5.41, 5.74) is 3.05. The van der Waals surface area contributed by atoms with Gasteiger partial charge in [0.1, 0.15) is 11.2 Å². The maximum atomic E-state index is 14.1. The molecule has 0 spiro atoms. The number of aromatic nitrogens is 7. The molecule has 4 aromatic heterocycles. The summed E-state index contributed by atoms with van der Waals surface area (Å²) in [6.07, 6.45) is 2.47. The van der Waals surface area contributed by atoms with Crippen molar-refractivity contribution in [3.05, 3.63) is 53.9 Å². The van der Waals surface area contributed by atoms with E-state index in [-0.39, 0.29) is 18.7 Å². The Hall–Kier alpha value is -3.76. The van der Waals surface area contributed by atoms with Crippen LogP contribution in [-0.2, 0) is 18.5 Å². The summed E-state index contributed by atoms with van der Waals surface area (Å²) < 4.78 is 45.9. The molecule has 0 atom stereocenters. The van der Waals surface area contributed by atoms with Gasteiger partial charge in [0.15, 0.2) is 5.82 Å². The molecule has 0 saturated heterocycles. The number of nitrogens with zero attached hydrogens (tertiary/aromatic N) is 7. The second-order valence-electron chi connectivity index (χ2n) is 9.63. The van der Waals surface area contributed by atoms with Gasteiger partial charge in [-0.25, -0.2) is 9.97 Å². The van der Waals surface area contributed by atoms with Crippen LogP contribution in [0.25, 0.3) is 22.8 Å². The fourth-order valence-corrected chi connectivity index (χ4v) is 5.18. The zero-order chi connectivity index (χ0) is 25.1. The number of nitrogens with one attached hydrogen (secondary N) is 1. The summed E-state index contributed by atoms with van der Waals surface area (Å²) in [7, 11) is 0. The number of hydrogen-bond donors (Lipinski definition) is 1. The van der Waals surface area contributed by atoms with Gasteiger partial charge in [0.25, 0.3) is 0 Å². The topological polar surface area (TPSA) is 86.3 Å². The van der Waals surface area contributed by atoms with Gasteiger partial charge < -0.3 is 14.5 Å². The monoisotopic (exact) mass is 494 g/mol. The lowest BCUT2D eigenvalue weighted by Crippen LogP contribution is -2.49. The number of aryl methyl sites for hydroxylation is 3. The lowest BCUT2D eigenvalue weighted by atomic mass is 9.67. The van der Waals surface area contributed by atoms with Crippen molar-refractivity contribution in [1.82, 2.24) is 34.3 Å². The molecule has 0 bridgehead atoms. The van der Waals surface area contributed by atoms with Crippen molar-refractivity contribution in [3.63, 3.8) is 0 Å². The predicted molar refractivity (Wildman–Crippen MR) is 128 cm³/mol. The highest BCUT2D eigenvalue weighted by Gasteiger charge is 2.62. The zero-order valence-electron chi connectivity index (χ0n) is 20.0. The van der Waals surface area contributed by atoms with E-state index in [9.17, 15) is 13.2 Å². The van der Waals surface area contributed by atoms with E-state index >= 15 is 0 Å². The van der Waals surface area contributed by atoms with Gasteiger partial charge in [-0.1, -0.05) is 6.42 Å². The molecule has 1 aliphatic heterocycles. The summed E-state index contributed by atoms with van der Waals surface area (Å²) in [6.45, 7) is 4.97. The Morgan fingerprint density at radius 3 is 2.58 bits per heavy atom. The van der Waals surface area contributed by atoms with Crippen LogP contribution in [-0.4, -0.2) is 40.5 Å². The van der Waals surface area contributed by atoms with Crippen LogP contribution in [0.15, 0.2) is 36.8 Å². The van der Waals surface area contributed by atoms with E-state index in [2.05, 4.69) is 25.5 Å². The smallest absolute Gasteiger partial charge is 0.344 e. The molecule has 1 aliphatic carbocycles. The number of alkyl halides is 3. The summed E-state index contributed by atoms with van der Waals surface area (Å²) in [6, 6.07) is 5.69. The molecule has 1 N–H and O–H groups in total. The van der Waals surface area contributed by atoms with Gasteiger partial charge in [-0.2, -0.15) is 13.2 Å². The fraction of sp³-hybridized carbons (Fsp3) is 0.400. The van der Waals surface area contributed by atoms with Crippen molar-refractivity contribution in [1.29, 1.82) is 0 Å². The van der Waals surface area contributed by atoms with Crippen LogP contribution in [0.1, 0.15) is 42.8 Å². The van der Waals surface area contributed by atoms with E-state index in [1.165, 1.54) is 0 Å². The lowest BCUT2D eigenvalue weighted by Gasteiger charge is -2.42. The summed E-state index contributed by atoms with van der Waals surface area (Å²) in [4.78, 5) is 13.4. The van der Waals surface area contributed by atoms with Crippen molar-refractivity contribution in [2.24, 2.45) is 0 Å². The average Bonchev–Trinajstić information content (AvgIpc) is 3.34. The number of pyridine rings is 1. The highest BCUT2D eigenvalue weighted by atomic mass is 19.4. The highest BCUT2D eigenvalue weighted by molar-refractivity contribution is 5.70. The van der Waals surface area contributed by atoms with Crippen molar-refractivity contribution >= 4 is 11.6 Å². The molecular formula is C25H25F3N8. The molecule has 11 heteroatoms. The highest BCUT2D eigenvalue weighted by Crippen LogP contribution is 2.54. The maximum absolute atomic E-state index is 14.1. The number of fused-ring (bicyclic) bond motifs is 3. The number of hydrogen-bond acceptors (Lipinski definition) is 6. The Bertz CT molecular complexity index is 1450. The van der Waals surface area contributed by atoms with Crippen molar-refractivity contribution in [2.45, 2.75) is 64.2 Å². The average molecular weight is 495 g/mol. The molecule has 1 saturated carbocycles. The molecule has 2 aliphatic rings. The first-order valence-corrected chi connectivity index (χ1v) is 12.0. The Morgan fingerprint density at radius 2 is 1.86 bits per heavy atom. The van der Waals surface area contributed by atoms with Crippen LogP contribution in [0.3, 0.4) is 0 Å². The van der Waals surface area contributed by atoms with Crippen LogP contribution >= 0.6 is 0 Å². The van der Waals surface area contributed by atoms with E-state index in [0.29, 0.717) is 37.7 Å². The Morgan fingerprint density at radius 1 is 1.03 bits per heavy atom. The molecule has 1 fully saturated rings. The third-order valence-corrected chi connectivity index (χ3v) is 7.23. The summed E-state index contributed by atoms with van der Waals surface area (Å²) in [5.74, 6) is 0.969. The first kappa shape index (κ1) is 22.7. The second kappa shape index (κ2) is 8.14. The first-order valence-electron chi connectivity index (χ1n) is 12.0. The van der Waals surface area contributed by atoms with Crippen LogP contribution < -0.4 is 5.32 Å². The normalized spacial score (nSPS) is 16.6. The first-order chi connectivity index (χ1) is 17.2. The van der Waals surface area contributed by atoms with Crippen molar-refractivity contribution in [3.8, 4) is 22.8 Å². The summed E-state index contributed by atoms with van der Waals surface area (Å²) in [5, 5.41) is 11.6. The molecule has 36 heavy (non-hydrogen) atoms. The molecule has 0 radical (unpaired) electrons. The molecular weight excluding hydrogens is 469 g/mol. The third-order valence-electron chi connectivity index (χ3n) is 7.23. The van der Waals surface area contributed by atoms with Gasteiger partial charge >= 0.3 is 6.18 Å². The van der Waals surface area contributed by atoms with Crippen LogP contribution in [0.4, 0.5) is 24.8 Å². The molecule has 6 rings (SSSR count). The lowest BCUT2D eigenvalue weighted by molar-refractivity contribution is -0.216. The predicted octanol–water partition coefficient (Wildman–Crippen LogP) is 5.35. The quantitative estimate of drug-likeness (QED) is 0.412. The maximum Gasteiger partial charge on any atom is 0.401 e. The Kier molecular flexibility index (Phi) is 5.13. The zero-order valence-corrected chi connectivity index (χ0v) is 20.0. The number of rotatable bonds is 4. The van der Waals surface area contributed by atoms with Crippen molar-refractivity contribution in [2.75, 3.05) is 5.32 Å². The molecule has 0 aromatic carbocycles. The van der Waals surface area contributed by atoms with Crippen LogP contribution in [0, 0.1) is 13.8 Å². The van der Waals surface area contributed by atoms with Gasteiger partial charge in [0, 0.05) is 48.6 Å². The minimum absolute atomic E-state index is 0.0461. The number of halogens is 3. The van der Waals surface area contributed by atoms with E-state index in [0.717, 1.165) is 33.9 Å². The van der Waals surface area contributed by atoms with Gasteiger partial charge in [0.2, 0.25) is 5.95 Å². The van der Waals surface area contributed by atoms with Gasteiger partial charge in [-0.15, -0.1) is 10.2 Å².